The van der Waals surface area contributed by atoms with E-state index in [0.717, 1.165) is 6.42 Å². The second-order valence-corrected chi connectivity index (χ2v) is 4.61. The van der Waals surface area contributed by atoms with Crippen molar-refractivity contribution in [2.45, 2.75) is 40.2 Å². The van der Waals surface area contributed by atoms with Crippen LogP contribution in [0, 0.1) is 6.92 Å². The predicted molar refractivity (Wildman–Crippen MR) is 75.9 cm³/mol. The Kier molecular flexibility index (Phi) is 4.22. The van der Waals surface area contributed by atoms with E-state index in [-0.39, 0.29) is 6.04 Å². The van der Waals surface area contributed by atoms with E-state index >= 15 is 0 Å². The number of nitrogens with zero attached hydrogens (tertiary/aromatic N) is 2. The topological polar surface area (TPSA) is 77.2 Å². The summed E-state index contributed by atoms with van der Waals surface area (Å²) in [5.74, 6) is 0.682. The van der Waals surface area contributed by atoms with Gasteiger partial charge < -0.3 is 14.5 Å². The largest absolute Gasteiger partial charge is 0.462 e. The maximum absolute atomic E-state index is 12.1. The van der Waals surface area contributed by atoms with Crippen LogP contribution in [-0.4, -0.2) is 28.6 Å². The maximum Gasteiger partial charge on any atom is 0.342 e. The second kappa shape index (κ2) is 5.90. The lowest BCUT2D eigenvalue weighted by atomic mass is 10.1. The highest BCUT2D eigenvalue weighted by molar-refractivity contribution is 6.07. The Morgan fingerprint density at radius 1 is 1.45 bits per heavy atom. The number of anilines is 1. The molecule has 0 saturated heterocycles. The molecule has 6 nitrogen and oxygen atoms in total. The highest BCUT2D eigenvalue weighted by atomic mass is 16.5. The average Bonchev–Trinajstić information content (AvgIpc) is 2.76. The SMILES string of the molecule is CCOC(=O)c1c(C)oc2ncnc(N[C@@H](C)CC)c12. The van der Waals surface area contributed by atoms with Crippen LogP contribution in [0.2, 0.25) is 0 Å². The van der Waals surface area contributed by atoms with Crippen LogP contribution in [0.3, 0.4) is 0 Å². The molecule has 2 heterocycles. The molecular weight excluding hydrogens is 258 g/mol. The van der Waals surface area contributed by atoms with Gasteiger partial charge in [-0.2, -0.15) is 0 Å². The zero-order valence-electron chi connectivity index (χ0n) is 12.2. The number of aryl methyl sites for hydroxylation is 1. The molecule has 0 aliphatic rings. The van der Waals surface area contributed by atoms with Crippen molar-refractivity contribution in [3.05, 3.63) is 17.7 Å². The molecule has 2 aromatic heterocycles. The quantitative estimate of drug-likeness (QED) is 0.847. The van der Waals surface area contributed by atoms with Crippen LogP contribution in [0.5, 0.6) is 0 Å². The Morgan fingerprint density at radius 3 is 2.85 bits per heavy atom. The van der Waals surface area contributed by atoms with Crippen molar-refractivity contribution < 1.29 is 13.9 Å². The summed E-state index contributed by atoms with van der Waals surface area (Å²) in [5.41, 5.74) is 0.791. The van der Waals surface area contributed by atoms with Crippen molar-refractivity contribution >= 4 is 22.9 Å². The Balaban J connectivity index is 2.56. The van der Waals surface area contributed by atoms with E-state index in [4.69, 9.17) is 9.15 Å². The zero-order chi connectivity index (χ0) is 14.7. The summed E-state index contributed by atoms with van der Waals surface area (Å²) in [5, 5.41) is 3.85. The van der Waals surface area contributed by atoms with E-state index < -0.39 is 5.97 Å². The molecule has 0 amide bonds. The molecule has 0 spiro atoms. The third-order valence-corrected chi connectivity index (χ3v) is 3.14. The number of fused-ring (bicyclic) bond motifs is 1. The second-order valence-electron chi connectivity index (χ2n) is 4.61. The van der Waals surface area contributed by atoms with Gasteiger partial charge in [0.2, 0.25) is 5.71 Å². The first-order valence-electron chi connectivity index (χ1n) is 6.76. The van der Waals surface area contributed by atoms with Gasteiger partial charge in [0.05, 0.1) is 12.0 Å². The van der Waals surface area contributed by atoms with Gasteiger partial charge >= 0.3 is 5.97 Å². The predicted octanol–water partition coefficient (Wildman–Crippen LogP) is 2.92. The molecule has 0 aromatic carbocycles. The van der Waals surface area contributed by atoms with Gasteiger partial charge in [-0.05, 0) is 27.2 Å². The van der Waals surface area contributed by atoms with Crippen LogP contribution in [0.4, 0.5) is 5.82 Å². The summed E-state index contributed by atoms with van der Waals surface area (Å²) in [4.78, 5) is 20.4. The van der Waals surface area contributed by atoms with Gasteiger partial charge in [-0.15, -0.1) is 0 Å². The van der Waals surface area contributed by atoms with Gasteiger partial charge in [-0.1, -0.05) is 6.92 Å². The first kappa shape index (κ1) is 14.3. The lowest BCUT2D eigenvalue weighted by Crippen LogP contribution is -2.15. The van der Waals surface area contributed by atoms with Crippen molar-refractivity contribution in [2.24, 2.45) is 0 Å². The van der Waals surface area contributed by atoms with E-state index in [1.165, 1.54) is 6.33 Å². The van der Waals surface area contributed by atoms with Crippen LogP contribution < -0.4 is 5.32 Å². The lowest BCUT2D eigenvalue weighted by Gasteiger charge is -2.12. The summed E-state index contributed by atoms with van der Waals surface area (Å²) >= 11 is 0. The van der Waals surface area contributed by atoms with Crippen LogP contribution in [0.25, 0.3) is 11.1 Å². The number of rotatable bonds is 5. The number of hydrogen-bond acceptors (Lipinski definition) is 6. The smallest absolute Gasteiger partial charge is 0.342 e. The van der Waals surface area contributed by atoms with Crippen molar-refractivity contribution in [1.29, 1.82) is 0 Å². The molecule has 0 aliphatic heterocycles. The number of furan rings is 1. The van der Waals surface area contributed by atoms with Gasteiger partial charge in [0.25, 0.3) is 0 Å². The Hall–Kier alpha value is -2.11. The summed E-state index contributed by atoms with van der Waals surface area (Å²) in [6, 6.07) is 0.235. The number of hydrogen-bond donors (Lipinski definition) is 1. The molecule has 6 heteroatoms. The van der Waals surface area contributed by atoms with Crippen LogP contribution in [-0.2, 0) is 4.74 Å². The fraction of sp³-hybridized carbons (Fsp3) is 0.500. The first-order valence-corrected chi connectivity index (χ1v) is 6.76. The maximum atomic E-state index is 12.1. The molecule has 1 N–H and O–H groups in total. The third kappa shape index (κ3) is 2.59. The Morgan fingerprint density at radius 2 is 2.20 bits per heavy atom. The monoisotopic (exact) mass is 277 g/mol. The zero-order valence-corrected chi connectivity index (χ0v) is 12.2. The minimum atomic E-state index is -0.411. The fourth-order valence-electron chi connectivity index (χ4n) is 1.94. The van der Waals surface area contributed by atoms with Crippen LogP contribution in [0.1, 0.15) is 43.3 Å². The van der Waals surface area contributed by atoms with Gasteiger partial charge in [-0.25, -0.2) is 14.8 Å². The first-order chi connectivity index (χ1) is 9.58. The average molecular weight is 277 g/mol. The standard InChI is InChI=1S/C14H19N3O3/c1-5-8(3)17-12-11-10(14(18)19-6-2)9(4)20-13(11)16-7-15-12/h7-8H,5-6H2,1-4H3,(H,15,16,17)/t8-/m0/s1. The Labute approximate surface area is 117 Å². The highest BCUT2D eigenvalue weighted by Crippen LogP contribution is 2.30. The summed E-state index contributed by atoms with van der Waals surface area (Å²) in [6.45, 7) is 7.92. The van der Waals surface area contributed by atoms with Crippen molar-refractivity contribution in [3.63, 3.8) is 0 Å². The van der Waals surface area contributed by atoms with Gasteiger partial charge in [-0.3, -0.25) is 0 Å². The van der Waals surface area contributed by atoms with E-state index in [9.17, 15) is 4.79 Å². The molecular formula is C14H19N3O3. The third-order valence-electron chi connectivity index (χ3n) is 3.14. The number of aromatic nitrogens is 2. The molecule has 0 aliphatic carbocycles. The van der Waals surface area contributed by atoms with E-state index in [1.54, 1.807) is 13.8 Å². The van der Waals surface area contributed by atoms with Crippen LogP contribution >= 0.6 is 0 Å². The summed E-state index contributed by atoms with van der Waals surface area (Å²) in [7, 11) is 0. The molecule has 0 radical (unpaired) electrons. The highest BCUT2D eigenvalue weighted by Gasteiger charge is 2.23. The molecule has 2 rings (SSSR count). The van der Waals surface area contributed by atoms with E-state index in [0.29, 0.717) is 34.8 Å². The number of ether oxygens (including phenoxy) is 1. The van der Waals surface area contributed by atoms with E-state index in [2.05, 4.69) is 22.2 Å². The number of carbonyl (C=O) groups is 1. The number of esters is 1. The normalized spacial score (nSPS) is 12.4. The molecule has 0 saturated carbocycles. The molecule has 2 aromatic rings. The minimum Gasteiger partial charge on any atom is -0.462 e. The van der Waals surface area contributed by atoms with Crippen molar-refractivity contribution in [1.82, 2.24) is 9.97 Å². The fourth-order valence-corrected chi connectivity index (χ4v) is 1.94. The molecule has 20 heavy (non-hydrogen) atoms. The molecule has 0 bridgehead atoms. The minimum absolute atomic E-state index is 0.235. The Bertz CT molecular complexity index is 621. The molecule has 0 fully saturated rings. The molecule has 108 valence electrons. The molecule has 0 unspecified atom stereocenters. The van der Waals surface area contributed by atoms with Gasteiger partial charge in [0, 0.05) is 6.04 Å². The van der Waals surface area contributed by atoms with E-state index in [1.807, 2.05) is 6.92 Å². The summed E-state index contributed by atoms with van der Waals surface area (Å²) in [6.07, 6.45) is 2.36. The van der Waals surface area contributed by atoms with Gasteiger partial charge in [0.1, 0.15) is 23.5 Å². The molecule has 1 atom stereocenters. The number of carbonyl (C=O) groups excluding carboxylic acids is 1. The number of nitrogens with one attached hydrogen (secondary N) is 1. The lowest BCUT2D eigenvalue weighted by molar-refractivity contribution is 0.0526. The van der Waals surface area contributed by atoms with Crippen molar-refractivity contribution in [2.75, 3.05) is 11.9 Å². The van der Waals surface area contributed by atoms with Crippen LogP contribution in [0.15, 0.2) is 10.7 Å². The van der Waals surface area contributed by atoms with Gasteiger partial charge in [0.15, 0.2) is 0 Å². The van der Waals surface area contributed by atoms with Crippen molar-refractivity contribution in [3.8, 4) is 0 Å². The summed E-state index contributed by atoms with van der Waals surface area (Å²) < 4.78 is 10.6.